The number of amides is 1. The largest absolute Gasteiger partial charge is 0.453 e. The topological polar surface area (TPSA) is 105 Å². The molecule has 0 unspecified atom stereocenters. The molecule has 2 rings (SSSR count). The number of piperidine rings is 1. The van der Waals surface area contributed by atoms with Crippen LogP contribution in [0.15, 0.2) is 0 Å². The zero-order valence-electron chi connectivity index (χ0n) is 16.4. The Morgan fingerprint density at radius 1 is 1.31 bits per heavy atom. The number of likely N-dealkylation sites (N-methyl/N-ethyl adjacent to an activating group) is 1. The van der Waals surface area contributed by atoms with E-state index in [0.717, 1.165) is 25.9 Å². The lowest BCUT2D eigenvalue weighted by atomic mass is 10.0. The van der Waals surface area contributed by atoms with Crippen molar-refractivity contribution >= 4 is 11.6 Å². The molecule has 2 heterocycles. The summed E-state index contributed by atoms with van der Waals surface area (Å²) in [6, 6.07) is 0.357. The predicted molar refractivity (Wildman–Crippen MR) is 99.9 cm³/mol. The van der Waals surface area contributed by atoms with Crippen LogP contribution in [-0.4, -0.2) is 75.7 Å². The molecule has 0 atom stereocenters. The normalized spacial score (nSPS) is 16.5. The summed E-state index contributed by atoms with van der Waals surface area (Å²) in [5, 5.41) is 9.93. The number of hydrogen-bond acceptors (Lipinski definition) is 7. The average molecular weight is 365 g/mol. The summed E-state index contributed by atoms with van der Waals surface area (Å²) >= 11 is 0. The van der Waals surface area contributed by atoms with Gasteiger partial charge >= 0.3 is 6.01 Å². The number of nitrogens with two attached hydrogens (primary N) is 1. The minimum Gasteiger partial charge on any atom is -0.453 e. The zero-order valence-corrected chi connectivity index (χ0v) is 16.4. The molecule has 1 aromatic rings. The van der Waals surface area contributed by atoms with Gasteiger partial charge in [-0.25, -0.2) is 0 Å². The fourth-order valence-corrected chi connectivity index (χ4v) is 3.20. The molecule has 1 fully saturated rings. The van der Waals surface area contributed by atoms with Gasteiger partial charge in [0.15, 0.2) is 6.61 Å². The molecule has 1 aliphatic rings. The molecule has 0 radical (unpaired) electrons. The van der Waals surface area contributed by atoms with E-state index >= 15 is 0 Å². The Morgan fingerprint density at radius 3 is 2.35 bits per heavy atom. The van der Waals surface area contributed by atoms with Gasteiger partial charge in [-0.1, -0.05) is 0 Å². The molecule has 1 aromatic heterocycles. The van der Waals surface area contributed by atoms with Gasteiger partial charge in [0, 0.05) is 32.7 Å². The first-order valence-corrected chi connectivity index (χ1v) is 9.00. The van der Waals surface area contributed by atoms with Crippen molar-refractivity contribution in [3.63, 3.8) is 0 Å². The van der Waals surface area contributed by atoms with Crippen molar-refractivity contribution in [2.75, 3.05) is 39.0 Å². The lowest BCUT2D eigenvalue weighted by molar-refractivity contribution is -0.135. The Balaban J connectivity index is 1.83. The number of likely N-dealkylation sites (tertiary alicyclic amines) is 1. The van der Waals surface area contributed by atoms with E-state index in [1.165, 1.54) is 0 Å². The van der Waals surface area contributed by atoms with Gasteiger partial charge in [0.25, 0.3) is 5.91 Å². The summed E-state index contributed by atoms with van der Waals surface area (Å²) < 4.78 is 5.47. The maximum Gasteiger partial charge on any atom is 0.317 e. The molecular formula is C18H31N5O3. The third-order valence-electron chi connectivity index (χ3n) is 4.74. The number of carbonyl (C=O) groups excluding carboxylic acids is 1. The number of aromatic nitrogens is 2. The predicted octanol–water partition coefficient (Wildman–Crippen LogP) is 0.748. The summed E-state index contributed by atoms with van der Waals surface area (Å²) in [6.07, 6.45) is 1.77. The van der Waals surface area contributed by atoms with Crippen molar-refractivity contribution in [1.29, 1.82) is 0 Å². The van der Waals surface area contributed by atoms with Gasteiger partial charge in [-0.05, 0) is 40.5 Å². The van der Waals surface area contributed by atoms with Crippen molar-refractivity contribution in [2.45, 2.75) is 52.2 Å². The van der Waals surface area contributed by atoms with Crippen LogP contribution in [0.1, 0.15) is 38.1 Å². The van der Waals surface area contributed by atoms with Gasteiger partial charge in [0.05, 0.1) is 22.7 Å². The second-order valence-corrected chi connectivity index (χ2v) is 7.70. The molecule has 3 N–H and O–H groups in total. The molecule has 0 aliphatic carbocycles. The van der Waals surface area contributed by atoms with Crippen molar-refractivity contribution in [1.82, 2.24) is 19.8 Å². The van der Waals surface area contributed by atoms with E-state index in [1.54, 1.807) is 18.7 Å². The van der Waals surface area contributed by atoms with Crippen LogP contribution in [0.5, 0.6) is 6.01 Å². The van der Waals surface area contributed by atoms with Crippen LogP contribution < -0.4 is 10.5 Å². The van der Waals surface area contributed by atoms with E-state index in [1.807, 2.05) is 20.9 Å². The Hall–Kier alpha value is -1.93. The number of hydrogen-bond donors (Lipinski definition) is 2. The van der Waals surface area contributed by atoms with Gasteiger partial charge in [-0.15, -0.1) is 0 Å². The first kappa shape index (κ1) is 20.4. The van der Waals surface area contributed by atoms with Gasteiger partial charge in [0.2, 0.25) is 0 Å². The Bertz CT molecular complexity index is 613. The van der Waals surface area contributed by atoms with Crippen LogP contribution in [0, 0.1) is 13.8 Å². The van der Waals surface area contributed by atoms with E-state index in [2.05, 4.69) is 14.9 Å². The van der Waals surface area contributed by atoms with Crippen molar-refractivity contribution in [2.24, 2.45) is 0 Å². The third-order valence-corrected chi connectivity index (χ3v) is 4.74. The van der Waals surface area contributed by atoms with Gasteiger partial charge < -0.3 is 25.4 Å². The minimum absolute atomic E-state index is 0.0941. The molecular weight excluding hydrogens is 334 g/mol. The smallest absolute Gasteiger partial charge is 0.317 e. The van der Waals surface area contributed by atoms with E-state index in [0.29, 0.717) is 23.6 Å². The molecule has 0 spiro atoms. The highest BCUT2D eigenvalue weighted by Gasteiger charge is 2.28. The maximum absolute atomic E-state index is 12.4. The number of aliphatic hydroxyl groups is 1. The third kappa shape index (κ3) is 5.54. The molecule has 1 aliphatic heterocycles. The molecule has 0 bridgehead atoms. The minimum atomic E-state index is -0.697. The summed E-state index contributed by atoms with van der Waals surface area (Å²) in [4.78, 5) is 24.7. The first-order chi connectivity index (χ1) is 12.1. The van der Waals surface area contributed by atoms with Gasteiger partial charge in [0.1, 0.15) is 0 Å². The Morgan fingerprint density at radius 2 is 1.85 bits per heavy atom. The van der Waals surface area contributed by atoms with Crippen LogP contribution in [0.2, 0.25) is 0 Å². The second-order valence-electron chi connectivity index (χ2n) is 7.70. The molecule has 8 heteroatoms. The van der Waals surface area contributed by atoms with Crippen molar-refractivity contribution in [3.8, 4) is 6.01 Å². The standard InChI is InChI=1S/C18H31N5O3/c1-12-16(19)13(2)21-17(20-12)26-10-15(24)22(5)14-6-8-23(9-7-14)11-18(3,4)25/h14,25H,6-11,19H2,1-5H3. The van der Waals surface area contributed by atoms with Gasteiger partial charge in [-0.2, -0.15) is 9.97 Å². The molecule has 26 heavy (non-hydrogen) atoms. The summed E-state index contributed by atoms with van der Waals surface area (Å²) in [5.74, 6) is -0.0957. The number of rotatable bonds is 6. The highest BCUT2D eigenvalue weighted by Crippen LogP contribution is 2.18. The van der Waals surface area contributed by atoms with Crippen LogP contribution in [-0.2, 0) is 4.79 Å². The summed E-state index contributed by atoms with van der Waals surface area (Å²) in [6.45, 7) is 9.48. The zero-order chi connectivity index (χ0) is 19.5. The monoisotopic (exact) mass is 365 g/mol. The number of carbonyl (C=O) groups is 1. The first-order valence-electron chi connectivity index (χ1n) is 9.00. The highest BCUT2D eigenvalue weighted by molar-refractivity contribution is 5.77. The van der Waals surface area contributed by atoms with E-state index in [-0.39, 0.29) is 24.6 Å². The fourth-order valence-electron chi connectivity index (χ4n) is 3.20. The maximum atomic E-state index is 12.4. The molecule has 1 saturated heterocycles. The number of nitrogen functional groups attached to an aromatic ring is 1. The number of aryl methyl sites for hydroxylation is 2. The number of β-amino-alcohol motifs (C(OH)–C–C–N with tert-alkyl or cyclic N) is 1. The number of anilines is 1. The van der Waals surface area contributed by atoms with E-state index in [4.69, 9.17) is 10.5 Å². The van der Waals surface area contributed by atoms with E-state index < -0.39 is 5.60 Å². The summed E-state index contributed by atoms with van der Waals surface area (Å²) in [5.41, 5.74) is 6.96. The lowest BCUT2D eigenvalue weighted by Crippen LogP contribution is -2.49. The summed E-state index contributed by atoms with van der Waals surface area (Å²) in [7, 11) is 1.81. The van der Waals surface area contributed by atoms with Crippen molar-refractivity contribution in [3.05, 3.63) is 11.4 Å². The lowest BCUT2D eigenvalue weighted by Gasteiger charge is -2.38. The van der Waals surface area contributed by atoms with Crippen LogP contribution in [0.3, 0.4) is 0 Å². The molecule has 1 amide bonds. The van der Waals surface area contributed by atoms with Crippen molar-refractivity contribution < 1.29 is 14.6 Å². The molecule has 0 aromatic carbocycles. The van der Waals surface area contributed by atoms with Crippen LogP contribution in [0.25, 0.3) is 0 Å². The molecule has 0 saturated carbocycles. The Labute approximate surface area is 155 Å². The quantitative estimate of drug-likeness (QED) is 0.766. The van der Waals surface area contributed by atoms with E-state index in [9.17, 15) is 9.90 Å². The average Bonchev–Trinajstić information content (AvgIpc) is 2.56. The van der Waals surface area contributed by atoms with Crippen LogP contribution in [0.4, 0.5) is 5.69 Å². The second kappa shape index (κ2) is 8.18. The fraction of sp³-hybridized carbons (Fsp3) is 0.722. The van der Waals surface area contributed by atoms with Crippen LogP contribution >= 0.6 is 0 Å². The molecule has 146 valence electrons. The molecule has 8 nitrogen and oxygen atoms in total. The Kier molecular flexibility index (Phi) is 6.41. The number of nitrogens with zero attached hydrogens (tertiary/aromatic N) is 4. The SMILES string of the molecule is Cc1nc(OCC(=O)N(C)C2CCN(CC(C)(C)O)CC2)nc(C)c1N. The number of ether oxygens (including phenoxy) is 1. The highest BCUT2D eigenvalue weighted by atomic mass is 16.5. The van der Waals surface area contributed by atoms with Gasteiger partial charge in [-0.3, -0.25) is 4.79 Å².